The van der Waals surface area contributed by atoms with Crippen molar-refractivity contribution in [2.24, 2.45) is 0 Å². The fourth-order valence-corrected chi connectivity index (χ4v) is 3.44. The molecule has 0 bridgehead atoms. The van der Waals surface area contributed by atoms with Crippen LogP contribution < -0.4 is 5.32 Å². The van der Waals surface area contributed by atoms with Gasteiger partial charge in [0, 0.05) is 18.9 Å². The Morgan fingerprint density at radius 1 is 1.13 bits per heavy atom. The highest BCUT2D eigenvalue weighted by molar-refractivity contribution is 5.99. The molecule has 0 saturated heterocycles. The molecule has 1 unspecified atom stereocenters. The van der Waals surface area contributed by atoms with Crippen molar-refractivity contribution in [3.8, 4) is 6.07 Å². The number of carbonyl (C=O) groups excluding carboxylic acids is 1. The first-order chi connectivity index (χ1) is 14.4. The highest BCUT2D eigenvalue weighted by Crippen LogP contribution is 2.41. The molecule has 1 aromatic rings. The number of rotatable bonds is 9. The van der Waals surface area contributed by atoms with E-state index in [0.717, 1.165) is 0 Å². The Labute approximate surface area is 175 Å². The number of hydrogen-bond donors (Lipinski definition) is 2. The van der Waals surface area contributed by atoms with Crippen LogP contribution in [0, 0.1) is 11.3 Å². The van der Waals surface area contributed by atoms with E-state index in [1.807, 2.05) is 0 Å². The Balaban J connectivity index is 2.85. The highest BCUT2D eigenvalue weighted by Gasteiger charge is 2.41. The number of dihydropyridines is 1. The zero-order chi connectivity index (χ0) is 22.3. The molecular weight excluding hydrogens is 388 g/mol. The largest absolute Gasteiger partial charge is 0.478 e. The Bertz CT molecular complexity index is 906. The summed E-state index contributed by atoms with van der Waals surface area (Å²) < 4.78 is 16.6. The normalized spacial score (nSPS) is 16.3. The summed E-state index contributed by atoms with van der Waals surface area (Å²) in [6, 6.07) is 8.67. The third kappa shape index (κ3) is 4.70. The molecule has 1 aliphatic rings. The van der Waals surface area contributed by atoms with Crippen LogP contribution in [0.25, 0.3) is 0 Å². The van der Waals surface area contributed by atoms with Crippen LogP contribution in [0.15, 0.2) is 46.8 Å². The van der Waals surface area contributed by atoms with Crippen molar-refractivity contribution in [2.45, 2.75) is 39.9 Å². The van der Waals surface area contributed by atoms with Gasteiger partial charge in [0.25, 0.3) is 0 Å². The summed E-state index contributed by atoms with van der Waals surface area (Å²) in [5, 5.41) is 22.5. The second-order valence-corrected chi connectivity index (χ2v) is 6.39. The average molecular weight is 414 g/mol. The molecule has 0 aliphatic carbocycles. The average Bonchev–Trinajstić information content (AvgIpc) is 2.72. The second kappa shape index (κ2) is 10.6. The lowest BCUT2D eigenvalue weighted by Crippen LogP contribution is -2.39. The van der Waals surface area contributed by atoms with Gasteiger partial charge < -0.3 is 24.6 Å². The van der Waals surface area contributed by atoms with E-state index in [1.165, 1.54) is 0 Å². The number of hydrogen-bond acceptors (Lipinski definition) is 7. The van der Waals surface area contributed by atoms with Gasteiger partial charge in [-0.1, -0.05) is 18.2 Å². The van der Waals surface area contributed by atoms with E-state index in [0.29, 0.717) is 24.5 Å². The molecule has 2 N–H and O–H groups in total. The van der Waals surface area contributed by atoms with Crippen LogP contribution in [0.3, 0.4) is 0 Å². The maximum Gasteiger partial charge on any atom is 0.336 e. The third-order valence-corrected chi connectivity index (χ3v) is 4.58. The lowest BCUT2D eigenvalue weighted by Gasteiger charge is -2.33. The van der Waals surface area contributed by atoms with Crippen LogP contribution in [-0.4, -0.2) is 43.2 Å². The second-order valence-electron chi connectivity index (χ2n) is 6.39. The summed E-state index contributed by atoms with van der Waals surface area (Å²) in [6.45, 7) is 7.54. The fraction of sp³-hybridized carbons (Fsp3) is 0.409. The van der Waals surface area contributed by atoms with Gasteiger partial charge in [-0.05, 0) is 39.3 Å². The quantitative estimate of drug-likeness (QED) is 0.468. The number of nitrogens with one attached hydrogen (secondary N) is 1. The van der Waals surface area contributed by atoms with Gasteiger partial charge in [0.2, 0.25) is 0 Å². The molecule has 1 aliphatic heterocycles. The molecule has 1 aromatic carbocycles. The molecule has 8 heteroatoms. The van der Waals surface area contributed by atoms with E-state index in [-0.39, 0.29) is 29.0 Å². The van der Waals surface area contributed by atoms with Gasteiger partial charge in [-0.2, -0.15) is 5.26 Å². The summed E-state index contributed by atoms with van der Waals surface area (Å²) in [5.41, 5.74) is 1.27. The molecule has 1 atom stereocenters. The summed E-state index contributed by atoms with van der Waals surface area (Å²) in [6.07, 6.45) is -0.929. The van der Waals surface area contributed by atoms with Gasteiger partial charge in [-0.3, -0.25) is 0 Å². The number of aliphatic carboxylic acids is 1. The van der Waals surface area contributed by atoms with Crippen LogP contribution >= 0.6 is 0 Å². The first kappa shape index (κ1) is 23.1. The van der Waals surface area contributed by atoms with Crippen molar-refractivity contribution in [2.75, 3.05) is 19.8 Å². The number of allylic oxidation sites excluding steroid dienone is 1. The van der Waals surface area contributed by atoms with Gasteiger partial charge >= 0.3 is 11.9 Å². The summed E-state index contributed by atoms with van der Waals surface area (Å²) >= 11 is 0. The van der Waals surface area contributed by atoms with Crippen molar-refractivity contribution in [3.63, 3.8) is 0 Å². The molecule has 0 saturated carbocycles. The van der Waals surface area contributed by atoms with Gasteiger partial charge in [-0.15, -0.1) is 0 Å². The van der Waals surface area contributed by atoms with Crippen LogP contribution in [0.4, 0.5) is 0 Å². The van der Waals surface area contributed by atoms with E-state index < -0.39 is 24.1 Å². The Morgan fingerprint density at radius 3 is 2.30 bits per heavy atom. The monoisotopic (exact) mass is 414 g/mol. The molecule has 30 heavy (non-hydrogen) atoms. The first-order valence-corrected chi connectivity index (χ1v) is 9.75. The zero-order valence-corrected chi connectivity index (χ0v) is 17.5. The predicted molar refractivity (Wildman–Crippen MR) is 108 cm³/mol. The van der Waals surface area contributed by atoms with Crippen molar-refractivity contribution in [1.82, 2.24) is 5.32 Å². The minimum atomic E-state index is -1.21. The van der Waals surface area contributed by atoms with Crippen molar-refractivity contribution in [3.05, 3.63) is 57.9 Å². The fourth-order valence-electron chi connectivity index (χ4n) is 3.44. The predicted octanol–water partition coefficient (Wildman–Crippen LogP) is 2.82. The van der Waals surface area contributed by atoms with Crippen LogP contribution in [0.2, 0.25) is 0 Å². The van der Waals surface area contributed by atoms with Crippen LogP contribution in [-0.2, 0) is 23.8 Å². The molecule has 0 spiro atoms. The summed E-state index contributed by atoms with van der Waals surface area (Å²) in [7, 11) is 0. The molecule has 2 rings (SSSR count). The molecule has 8 nitrogen and oxygen atoms in total. The lowest BCUT2D eigenvalue weighted by molar-refractivity contribution is -0.140. The topological polar surface area (TPSA) is 118 Å². The van der Waals surface area contributed by atoms with Crippen LogP contribution in [0.1, 0.15) is 44.7 Å². The maximum atomic E-state index is 13.1. The van der Waals surface area contributed by atoms with Gasteiger partial charge in [0.15, 0.2) is 6.29 Å². The highest BCUT2D eigenvalue weighted by atomic mass is 16.7. The zero-order valence-electron chi connectivity index (χ0n) is 17.5. The Morgan fingerprint density at radius 2 is 1.77 bits per heavy atom. The number of esters is 1. The van der Waals surface area contributed by atoms with Gasteiger partial charge in [0.1, 0.15) is 0 Å². The van der Waals surface area contributed by atoms with Crippen molar-refractivity contribution in [1.29, 1.82) is 5.26 Å². The molecule has 160 valence electrons. The number of ether oxygens (including phenoxy) is 3. The lowest BCUT2D eigenvalue weighted by atomic mass is 9.78. The van der Waals surface area contributed by atoms with Crippen molar-refractivity contribution >= 4 is 11.9 Å². The van der Waals surface area contributed by atoms with E-state index >= 15 is 0 Å². The summed E-state index contributed by atoms with van der Waals surface area (Å²) in [4.78, 5) is 25.2. The van der Waals surface area contributed by atoms with E-state index in [2.05, 4.69) is 11.4 Å². The molecule has 0 radical (unpaired) electrons. The maximum absolute atomic E-state index is 13.1. The Hall–Kier alpha value is -3.15. The molecule has 0 aromatic heterocycles. The number of nitrogens with zero attached hydrogens (tertiary/aromatic N) is 1. The van der Waals surface area contributed by atoms with E-state index in [9.17, 15) is 20.0 Å². The molecule has 0 fully saturated rings. The first-order valence-electron chi connectivity index (χ1n) is 9.75. The van der Waals surface area contributed by atoms with Gasteiger partial charge in [-0.25, -0.2) is 9.59 Å². The summed E-state index contributed by atoms with van der Waals surface area (Å²) in [5.74, 6) is -2.94. The Kier molecular flexibility index (Phi) is 8.16. The number of benzene rings is 1. The third-order valence-electron chi connectivity index (χ3n) is 4.58. The van der Waals surface area contributed by atoms with Gasteiger partial charge in [0.05, 0.1) is 41.0 Å². The standard InChI is InChI=1S/C22H26N2O6/c1-5-28-21(27)18-17(15-11-9-8-10-14(15)12-23)16(20(25)26)13(4)24-19(18)22(29-6-2)30-7-3/h8-11,17,22,24H,5-7H2,1-4H3,(H,25,26). The number of nitriles is 1. The number of carboxylic acids is 1. The minimum Gasteiger partial charge on any atom is -0.478 e. The van der Waals surface area contributed by atoms with Crippen LogP contribution in [0.5, 0.6) is 0 Å². The number of carboxylic acid groups (broad SMARTS) is 1. The smallest absolute Gasteiger partial charge is 0.336 e. The molecule has 1 heterocycles. The van der Waals surface area contributed by atoms with Crippen molar-refractivity contribution < 1.29 is 28.9 Å². The molecule has 0 amide bonds. The number of carbonyl (C=O) groups is 2. The minimum absolute atomic E-state index is 0.0451. The van der Waals surface area contributed by atoms with E-state index in [4.69, 9.17) is 14.2 Å². The SMILES string of the molecule is CCOC(=O)C1=C(C(OCC)OCC)NC(C)=C(C(=O)O)C1c1ccccc1C#N. The van der Waals surface area contributed by atoms with E-state index in [1.54, 1.807) is 52.0 Å². The molecular formula is C22H26N2O6.